The Morgan fingerprint density at radius 1 is 1.10 bits per heavy atom. The summed E-state index contributed by atoms with van der Waals surface area (Å²) in [5.41, 5.74) is 0. The Labute approximate surface area is 182 Å². The van der Waals surface area contributed by atoms with E-state index in [2.05, 4.69) is 13.8 Å². The summed E-state index contributed by atoms with van der Waals surface area (Å²) < 4.78 is 12.8. The van der Waals surface area contributed by atoms with E-state index in [9.17, 15) is 13.8 Å². The van der Waals surface area contributed by atoms with Crippen LogP contribution in [0.25, 0.3) is 0 Å². The number of hydrogen-bond acceptors (Lipinski definition) is 3. The van der Waals surface area contributed by atoms with Gasteiger partial charge in [0.15, 0.2) is 0 Å². The van der Waals surface area contributed by atoms with E-state index in [1.165, 1.54) is 0 Å². The maximum Gasteiger partial charge on any atom is 0.303 e. The Bertz CT molecular complexity index is 658. The van der Waals surface area contributed by atoms with Gasteiger partial charge in [-0.3, -0.25) is 13.8 Å². The molecular weight excluding hydrogens is 410 g/mol. The number of aliphatic carboxylic acids is 1. The first-order valence-corrected chi connectivity index (χ1v) is 12.2. The Morgan fingerprint density at radius 2 is 1.72 bits per heavy atom. The summed E-state index contributed by atoms with van der Waals surface area (Å²) in [6.45, 7) is 5.58. The lowest BCUT2D eigenvalue weighted by molar-refractivity contribution is -0.138. The van der Waals surface area contributed by atoms with Gasteiger partial charge in [-0.15, -0.1) is 0 Å². The van der Waals surface area contributed by atoms with Crippen LogP contribution in [0, 0.1) is 5.92 Å². The first kappa shape index (κ1) is 25.6. The summed E-state index contributed by atoms with van der Waals surface area (Å²) in [7, 11) is -1.42. The van der Waals surface area contributed by atoms with Crippen LogP contribution in [0.2, 0.25) is 5.02 Å². The van der Waals surface area contributed by atoms with Crippen molar-refractivity contribution in [2.75, 3.05) is 18.8 Å². The highest BCUT2D eigenvalue weighted by Crippen LogP contribution is 2.20. The Morgan fingerprint density at radius 3 is 2.24 bits per heavy atom. The number of hydrogen-bond donors (Lipinski definition) is 1. The second-order valence-electron chi connectivity index (χ2n) is 7.34. The quantitative estimate of drug-likeness (QED) is 0.381. The van der Waals surface area contributed by atoms with Crippen molar-refractivity contribution < 1.29 is 18.9 Å². The third-order valence-electron chi connectivity index (χ3n) is 4.84. The molecule has 5 nitrogen and oxygen atoms in total. The number of benzene rings is 1. The lowest BCUT2D eigenvalue weighted by Gasteiger charge is -2.27. The van der Waals surface area contributed by atoms with Gasteiger partial charge in [-0.2, -0.15) is 0 Å². The minimum atomic E-state index is -1.42. The van der Waals surface area contributed by atoms with Gasteiger partial charge in [0.2, 0.25) is 5.91 Å². The molecule has 29 heavy (non-hydrogen) atoms. The number of carbonyl (C=O) groups excluding carboxylic acids is 1. The largest absolute Gasteiger partial charge is 0.481 e. The number of rotatable bonds is 15. The van der Waals surface area contributed by atoms with Crippen molar-refractivity contribution in [3.8, 4) is 0 Å². The molecule has 0 aliphatic heterocycles. The van der Waals surface area contributed by atoms with Crippen molar-refractivity contribution in [1.29, 1.82) is 0 Å². The van der Waals surface area contributed by atoms with Gasteiger partial charge in [-0.05, 0) is 37.5 Å². The molecule has 2 atom stereocenters. The van der Waals surface area contributed by atoms with Gasteiger partial charge in [0.05, 0.1) is 16.7 Å². The molecule has 1 aromatic carbocycles. The average molecular weight is 444 g/mol. The molecular formula is C22H34ClNO4S. The molecule has 1 aromatic rings. The maximum absolute atomic E-state index is 13.3. The highest BCUT2D eigenvalue weighted by molar-refractivity contribution is 7.85. The molecule has 0 aliphatic rings. The Hall–Kier alpha value is -1.40. The number of halogens is 1. The Kier molecular flexibility index (Phi) is 12.9. The number of amides is 1. The zero-order valence-corrected chi connectivity index (χ0v) is 19.1. The van der Waals surface area contributed by atoms with E-state index in [-0.39, 0.29) is 24.5 Å². The maximum atomic E-state index is 13.3. The molecule has 0 saturated heterocycles. The minimum Gasteiger partial charge on any atom is -0.481 e. The molecule has 0 radical (unpaired) electrons. The average Bonchev–Trinajstić information content (AvgIpc) is 2.69. The minimum absolute atomic E-state index is 0.0752. The van der Waals surface area contributed by atoms with Gasteiger partial charge in [0.1, 0.15) is 0 Å². The van der Waals surface area contributed by atoms with Gasteiger partial charge in [-0.25, -0.2) is 0 Å². The normalized spacial score (nSPS) is 13.1. The third kappa shape index (κ3) is 10.3. The zero-order chi connectivity index (χ0) is 21.6. The second-order valence-corrected chi connectivity index (χ2v) is 9.27. The van der Waals surface area contributed by atoms with E-state index in [1.807, 2.05) is 4.90 Å². The van der Waals surface area contributed by atoms with Crippen LogP contribution in [0.1, 0.15) is 65.2 Å². The molecule has 0 aliphatic carbocycles. The van der Waals surface area contributed by atoms with Gasteiger partial charge in [0, 0.05) is 35.2 Å². The summed E-state index contributed by atoms with van der Waals surface area (Å²) in [6, 6.07) is 6.79. The number of carboxylic acid groups (broad SMARTS) is 1. The van der Waals surface area contributed by atoms with Gasteiger partial charge in [-0.1, -0.05) is 57.2 Å². The van der Waals surface area contributed by atoms with E-state index in [4.69, 9.17) is 16.7 Å². The van der Waals surface area contributed by atoms with Crippen LogP contribution >= 0.6 is 11.6 Å². The van der Waals surface area contributed by atoms with Crippen LogP contribution in [-0.4, -0.2) is 44.9 Å². The van der Waals surface area contributed by atoms with Gasteiger partial charge < -0.3 is 10.0 Å². The molecule has 0 saturated carbocycles. The molecule has 0 spiro atoms. The van der Waals surface area contributed by atoms with Crippen molar-refractivity contribution in [3.05, 3.63) is 29.3 Å². The van der Waals surface area contributed by atoms with Crippen molar-refractivity contribution in [1.82, 2.24) is 4.90 Å². The molecule has 0 bridgehead atoms. The molecule has 164 valence electrons. The smallest absolute Gasteiger partial charge is 0.303 e. The highest BCUT2D eigenvalue weighted by atomic mass is 35.5. The first-order chi connectivity index (χ1) is 13.9. The lowest BCUT2D eigenvalue weighted by Crippen LogP contribution is -2.39. The summed E-state index contributed by atoms with van der Waals surface area (Å²) in [4.78, 5) is 26.8. The molecule has 1 N–H and O–H groups in total. The fraction of sp³-hybridized carbons (Fsp3) is 0.636. The Balaban J connectivity index is 2.92. The van der Waals surface area contributed by atoms with Crippen LogP contribution < -0.4 is 0 Å². The predicted molar refractivity (Wildman–Crippen MR) is 119 cm³/mol. The summed E-state index contributed by atoms with van der Waals surface area (Å²) in [5, 5.41) is 9.59. The van der Waals surface area contributed by atoms with Gasteiger partial charge in [0.25, 0.3) is 0 Å². The standard InChI is InChI=1S/C22H34ClNO4S/c1-3-5-7-14-24(15-8-6-4-2)22(27)18(12-13-21(25)26)17-29(28)20-11-9-10-19(23)16-20/h9-11,16,18H,3-8,12-15,17H2,1-2H3,(H,25,26). The van der Waals surface area contributed by atoms with E-state index >= 15 is 0 Å². The summed E-state index contributed by atoms with van der Waals surface area (Å²) in [5.74, 6) is -1.48. The number of carbonyl (C=O) groups is 2. The lowest BCUT2D eigenvalue weighted by atomic mass is 10.0. The van der Waals surface area contributed by atoms with Gasteiger partial charge >= 0.3 is 5.97 Å². The van der Waals surface area contributed by atoms with Crippen LogP contribution in [0.15, 0.2) is 29.2 Å². The first-order valence-electron chi connectivity index (χ1n) is 10.5. The monoisotopic (exact) mass is 443 g/mol. The number of unbranched alkanes of at least 4 members (excludes halogenated alkanes) is 4. The van der Waals surface area contributed by atoms with Crippen LogP contribution in [-0.2, 0) is 20.4 Å². The summed E-state index contributed by atoms with van der Waals surface area (Å²) >= 11 is 6.00. The van der Waals surface area contributed by atoms with Crippen molar-refractivity contribution in [3.63, 3.8) is 0 Å². The molecule has 1 amide bonds. The SMILES string of the molecule is CCCCCN(CCCCC)C(=O)C(CCC(=O)O)CS(=O)c1cccc(Cl)c1. The molecule has 0 fully saturated rings. The third-order valence-corrected chi connectivity index (χ3v) is 6.56. The van der Waals surface area contributed by atoms with Crippen molar-refractivity contribution >= 4 is 34.3 Å². The highest BCUT2D eigenvalue weighted by Gasteiger charge is 2.27. The van der Waals surface area contributed by atoms with E-state index in [1.54, 1.807) is 24.3 Å². The fourth-order valence-electron chi connectivity index (χ4n) is 3.16. The van der Waals surface area contributed by atoms with Crippen LogP contribution in [0.4, 0.5) is 0 Å². The fourth-order valence-corrected chi connectivity index (χ4v) is 4.77. The van der Waals surface area contributed by atoms with E-state index in [0.29, 0.717) is 23.0 Å². The second kappa shape index (κ2) is 14.6. The van der Waals surface area contributed by atoms with Crippen molar-refractivity contribution in [2.45, 2.75) is 70.1 Å². The van der Waals surface area contributed by atoms with Crippen LogP contribution in [0.3, 0.4) is 0 Å². The summed E-state index contributed by atoms with van der Waals surface area (Å²) in [6.07, 6.45) is 6.17. The molecule has 0 aromatic heterocycles. The predicted octanol–water partition coefficient (Wildman–Crippen LogP) is 5.14. The molecule has 2 unspecified atom stereocenters. The number of carboxylic acids is 1. The number of nitrogens with zero attached hydrogens (tertiary/aromatic N) is 1. The van der Waals surface area contributed by atoms with E-state index in [0.717, 1.165) is 38.5 Å². The zero-order valence-electron chi connectivity index (χ0n) is 17.6. The van der Waals surface area contributed by atoms with Crippen LogP contribution in [0.5, 0.6) is 0 Å². The van der Waals surface area contributed by atoms with E-state index < -0.39 is 22.7 Å². The topological polar surface area (TPSA) is 74.7 Å². The van der Waals surface area contributed by atoms with Crippen molar-refractivity contribution in [2.24, 2.45) is 5.92 Å². The molecule has 7 heteroatoms. The molecule has 1 rings (SSSR count). The molecule has 0 heterocycles.